The number of rotatable bonds is 1. The van der Waals surface area contributed by atoms with Gasteiger partial charge in [0, 0.05) is 12.6 Å². The van der Waals surface area contributed by atoms with Crippen molar-refractivity contribution in [2.45, 2.75) is 39.4 Å². The quantitative estimate of drug-likeness (QED) is 0.711. The molecule has 1 aromatic heterocycles. The van der Waals surface area contributed by atoms with Crippen LogP contribution in [0.5, 0.6) is 0 Å². The molecule has 0 saturated carbocycles. The molecular weight excluding hydrogens is 168 g/mol. The van der Waals surface area contributed by atoms with Gasteiger partial charge in [0.05, 0.1) is 17.3 Å². The van der Waals surface area contributed by atoms with Crippen LogP contribution in [0.25, 0.3) is 0 Å². The molecule has 72 valence electrons. The van der Waals surface area contributed by atoms with Crippen molar-refractivity contribution in [3.63, 3.8) is 0 Å². The van der Waals surface area contributed by atoms with E-state index in [0.717, 1.165) is 11.3 Å². The first-order valence-electron chi connectivity index (χ1n) is 4.57. The third-order valence-corrected chi connectivity index (χ3v) is 2.74. The normalized spacial score (nSPS) is 22.6. The molecule has 2 rings (SSSR count). The molecule has 0 radical (unpaired) electrons. The predicted octanol–water partition coefficient (Wildman–Crippen LogP) is 1.25. The van der Waals surface area contributed by atoms with Crippen LogP contribution in [0, 0.1) is 0 Å². The van der Waals surface area contributed by atoms with Crippen molar-refractivity contribution < 1.29 is 4.52 Å². The van der Waals surface area contributed by atoms with E-state index < -0.39 is 0 Å². The first-order chi connectivity index (χ1) is 6.11. The minimum atomic E-state index is -0.218. The van der Waals surface area contributed by atoms with E-state index >= 15 is 0 Å². The monoisotopic (exact) mass is 182 g/mol. The van der Waals surface area contributed by atoms with Crippen molar-refractivity contribution in [1.29, 1.82) is 0 Å². The minimum Gasteiger partial charge on any atom is -0.338 e. The number of aromatic nitrogens is 1. The largest absolute Gasteiger partial charge is 0.362 e. The summed E-state index contributed by atoms with van der Waals surface area (Å²) in [7, 11) is 0. The first-order valence-corrected chi connectivity index (χ1v) is 4.57. The molecule has 0 bridgehead atoms. The molecule has 1 unspecified atom stereocenters. The van der Waals surface area contributed by atoms with Gasteiger partial charge in [-0.3, -0.25) is 4.90 Å². The molecule has 0 aromatic carbocycles. The summed E-state index contributed by atoms with van der Waals surface area (Å²) in [6.07, 6.45) is 0. The maximum Gasteiger partial charge on any atom is 0.362 e. The molecule has 4 nitrogen and oxygen atoms in total. The van der Waals surface area contributed by atoms with Crippen LogP contribution in [0.2, 0.25) is 0 Å². The summed E-state index contributed by atoms with van der Waals surface area (Å²) in [5.41, 5.74) is 1.52. The van der Waals surface area contributed by atoms with Crippen LogP contribution in [-0.4, -0.2) is 16.1 Å². The van der Waals surface area contributed by atoms with E-state index in [0.29, 0.717) is 12.6 Å². The Morgan fingerprint density at radius 2 is 2.31 bits per heavy atom. The lowest BCUT2D eigenvalue weighted by Gasteiger charge is -2.25. The Bertz CT molecular complexity index is 364. The highest BCUT2D eigenvalue weighted by Gasteiger charge is 2.32. The summed E-state index contributed by atoms with van der Waals surface area (Å²) in [6.45, 7) is 7.05. The highest BCUT2D eigenvalue weighted by molar-refractivity contribution is 5.23. The van der Waals surface area contributed by atoms with Gasteiger partial charge in [0.15, 0.2) is 0 Å². The van der Waals surface area contributed by atoms with Crippen LogP contribution in [0.15, 0.2) is 9.32 Å². The minimum absolute atomic E-state index is 0.218. The Labute approximate surface area is 76.5 Å². The van der Waals surface area contributed by atoms with Gasteiger partial charge in [0.25, 0.3) is 0 Å². The van der Waals surface area contributed by atoms with Crippen molar-refractivity contribution >= 4 is 0 Å². The van der Waals surface area contributed by atoms with Crippen LogP contribution in [0.4, 0.5) is 0 Å². The van der Waals surface area contributed by atoms with E-state index in [4.69, 9.17) is 4.52 Å². The van der Waals surface area contributed by atoms with Crippen molar-refractivity contribution in [2.24, 2.45) is 0 Å². The SMILES string of the molecule is CC(C)N1Cc2c([nH]oc2=O)C1C. The zero-order valence-corrected chi connectivity index (χ0v) is 8.13. The lowest BCUT2D eigenvalue weighted by molar-refractivity contribution is 0.168. The topological polar surface area (TPSA) is 49.2 Å². The average molecular weight is 182 g/mol. The summed E-state index contributed by atoms with van der Waals surface area (Å²) in [5.74, 6) is 0. The van der Waals surface area contributed by atoms with Crippen molar-refractivity contribution in [3.05, 3.63) is 21.7 Å². The van der Waals surface area contributed by atoms with Crippen LogP contribution in [0.3, 0.4) is 0 Å². The van der Waals surface area contributed by atoms with Gasteiger partial charge in [-0.25, -0.2) is 9.95 Å². The molecule has 0 aliphatic carbocycles. The van der Waals surface area contributed by atoms with E-state index in [1.807, 2.05) is 0 Å². The molecule has 1 aliphatic rings. The Morgan fingerprint density at radius 3 is 2.85 bits per heavy atom. The number of fused-ring (bicyclic) bond motifs is 1. The molecular formula is C9H14N2O2. The standard InChI is InChI=1S/C9H14N2O2/c1-5(2)11-4-7-8(6(11)3)10-13-9(7)12/h5-6,10H,4H2,1-3H3. The van der Waals surface area contributed by atoms with Crippen LogP contribution in [0.1, 0.15) is 38.1 Å². The predicted molar refractivity (Wildman–Crippen MR) is 48.4 cm³/mol. The highest BCUT2D eigenvalue weighted by atomic mass is 16.5. The van der Waals surface area contributed by atoms with Gasteiger partial charge < -0.3 is 4.52 Å². The van der Waals surface area contributed by atoms with E-state index in [-0.39, 0.29) is 11.7 Å². The molecule has 1 N–H and O–H groups in total. The molecule has 2 heterocycles. The number of hydrogen-bond acceptors (Lipinski definition) is 3. The summed E-state index contributed by atoms with van der Waals surface area (Å²) < 4.78 is 4.73. The highest BCUT2D eigenvalue weighted by Crippen LogP contribution is 2.31. The molecule has 1 aliphatic heterocycles. The molecule has 0 fully saturated rings. The average Bonchev–Trinajstić information content (AvgIpc) is 2.55. The van der Waals surface area contributed by atoms with Gasteiger partial charge in [-0.05, 0) is 20.8 Å². The second-order valence-electron chi connectivity index (χ2n) is 3.83. The Balaban J connectivity index is 2.38. The van der Waals surface area contributed by atoms with Crippen LogP contribution in [-0.2, 0) is 6.54 Å². The van der Waals surface area contributed by atoms with Crippen LogP contribution >= 0.6 is 0 Å². The van der Waals surface area contributed by atoms with E-state index in [1.165, 1.54) is 0 Å². The molecule has 13 heavy (non-hydrogen) atoms. The van der Waals surface area contributed by atoms with E-state index in [9.17, 15) is 4.79 Å². The van der Waals surface area contributed by atoms with Crippen LogP contribution < -0.4 is 5.63 Å². The van der Waals surface area contributed by atoms with E-state index in [2.05, 4.69) is 30.8 Å². The fourth-order valence-corrected chi connectivity index (χ4v) is 1.94. The van der Waals surface area contributed by atoms with Crippen molar-refractivity contribution in [3.8, 4) is 0 Å². The fourth-order valence-electron chi connectivity index (χ4n) is 1.94. The van der Waals surface area contributed by atoms with Gasteiger partial charge in [-0.1, -0.05) is 0 Å². The molecule has 1 atom stereocenters. The second-order valence-corrected chi connectivity index (χ2v) is 3.83. The molecule has 0 saturated heterocycles. The van der Waals surface area contributed by atoms with E-state index in [1.54, 1.807) is 0 Å². The third-order valence-electron chi connectivity index (χ3n) is 2.74. The van der Waals surface area contributed by atoms with Gasteiger partial charge >= 0.3 is 5.63 Å². The summed E-state index contributed by atoms with van der Waals surface area (Å²) in [6, 6.07) is 0.719. The number of nitrogens with one attached hydrogen (secondary N) is 1. The Hall–Kier alpha value is -1.03. The number of hydrogen-bond donors (Lipinski definition) is 1. The van der Waals surface area contributed by atoms with Gasteiger partial charge in [-0.15, -0.1) is 0 Å². The smallest absolute Gasteiger partial charge is 0.338 e. The second kappa shape index (κ2) is 2.73. The Kier molecular flexibility index (Phi) is 1.80. The molecule has 1 aromatic rings. The summed E-state index contributed by atoms with van der Waals surface area (Å²) >= 11 is 0. The first kappa shape index (κ1) is 8.56. The third kappa shape index (κ3) is 1.13. The number of aromatic amines is 1. The molecule has 4 heteroatoms. The maximum absolute atomic E-state index is 11.2. The summed E-state index contributed by atoms with van der Waals surface area (Å²) in [4.78, 5) is 13.5. The van der Waals surface area contributed by atoms with Crippen molar-refractivity contribution in [2.75, 3.05) is 0 Å². The number of H-pyrrole nitrogens is 1. The lowest BCUT2D eigenvalue weighted by atomic mass is 10.2. The lowest BCUT2D eigenvalue weighted by Crippen LogP contribution is -2.28. The molecule has 0 spiro atoms. The molecule has 0 amide bonds. The van der Waals surface area contributed by atoms with Gasteiger partial charge in [-0.2, -0.15) is 0 Å². The Morgan fingerprint density at radius 1 is 1.62 bits per heavy atom. The maximum atomic E-state index is 11.2. The number of nitrogens with zero attached hydrogens (tertiary/aromatic N) is 1. The van der Waals surface area contributed by atoms with Gasteiger partial charge in [0.1, 0.15) is 0 Å². The summed E-state index contributed by atoms with van der Waals surface area (Å²) in [5, 5.41) is 2.69. The van der Waals surface area contributed by atoms with Gasteiger partial charge in [0.2, 0.25) is 0 Å². The van der Waals surface area contributed by atoms with Crippen molar-refractivity contribution in [1.82, 2.24) is 10.1 Å². The zero-order valence-electron chi connectivity index (χ0n) is 8.13. The zero-order chi connectivity index (χ0) is 9.59. The fraction of sp³-hybridized carbons (Fsp3) is 0.667.